The van der Waals surface area contributed by atoms with Crippen molar-refractivity contribution >= 4 is 23.3 Å². The summed E-state index contributed by atoms with van der Waals surface area (Å²) in [5.41, 5.74) is 2.81. The molecule has 2 amide bonds. The fraction of sp³-hybridized carbons (Fsp3) is 0.150. The number of halogens is 2. The molecule has 0 bridgehead atoms. The van der Waals surface area contributed by atoms with Crippen molar-refractivity contribution < 1.29 is 9.18 Å². The Bertz CT molecular complexity index is 1050. The Hall–Kier alpha value is -3.19. The van der Waals surface area contributed by atoms with E-state index in [1.54, 1.807) is 6.07 Å². The van der Waals surface area contributed by atoms with Crippen LogP contribution in [0.15, 0.2) is 59.4 Å². The van der Waals surface area contributed by atoms with Gasteiger partial charge in [-0.05, 0) is 31.2 Å². The zero-order valence-electron chi connectivity index (χ0n) is 15.1. The summed E-state index contributed by atoms with van der Waals surface area (Å²) in [6, 6.07) is 14.3. The Morgan fingerprint density at radius 1 is 1.14 bits per heavy atom. The molecule has 6 nitrogen and oxygen atoms in total. The highest BCUT2D eigenvalue weighted by Gasteiger charge is 2.07. The minimum absolute atomic E-state index is 0.0820. The highest BCUT2D eigenvalue weighted by molar-refractivity contribution is 6.31. The Kier molecular flexibility index (Phi) is 6.06. The van der Waals surface area contributed by atoms with E-state index in [2.05, 4.69) is 15.7 Å². The molecule has 0 saturated carbocycles. The smallest absolute Gasteiger partial charge is 0.319 e. The van der Waals surface area contributed by atoms with Crippen LogP contribution in [0.2, 0.25) is 5.02 Å². The van der Waals surface area contributed by atoms with Gasteiger partial charge in [0.05, 0.1) is 17.3 Å². The van der Waals surface area contributed by atoms with E-state index in [0.29, 0.717) is 11.4 Å². The maximum Gasteiger partial charge on any atom is 0.319 e. The summed E-state index contributed by atoms with van der Waals surface area (Å²) in [7, 11) is 0. The number of aromatic nitrogens is 2. The monoisotopic (exact) mass is 400 g/mol. The van der Waals surface area contributed by atoms with E-state index in [1.807, 2.05) is 31.2 Å². The Morgan fingerprint density at radius 3 is 2.61 bits per heavy atom. The van der Waals surface area contributed by atoms with E-state index < -0.39 is 11.8 Å². The number of amides is 2. The third kappa shape index (κ3) is 4.95. The normalized spacial score (nSPS) is 10.5. The molecule has 3 rings (SSSR count). The van der Waals surface area contributed by atoms with Gasteiger partial charge < -0.3 is 10.6 Å². The van der Waals surface area contributed by atoms with Gasteiger partial charge >= 0.3 is 6.03 Å². The number of carbonyl (C=O) groups is 1. The molecule has 0 aliphatic rings. The molecule has 8 heteroatoms. The summed E-state index contributed by atoms with van der Waals surface area (Å²) in [5.74, 6) is -0.563. The topological polar surface area (TPSA) is 76.0 Å². The number of hydrogen-bond donors (Lipinski definition) is 2. The number of nitrogens with zero attached hydrogens (tertiary/aromatic N) is 2. The summed E-state index contributed by atoms with van der Waals surface area (Å²) in [4.78, 5) is 24.0. The highest BCUT2D eigenvalue weighted by atomic mass is 35.5. The van der Waals surface area contributed by atoms with Gasteiger partial charge in [0.25, 0.3) is 5.56 Å². The van der Waals surface area contributed by atoms with Crippen molar-refractivity contribution in [1.82, 2.24) is 15.1 Å². The first-order valence-corrected chi connectivity index (χ1v) is 8.95. The van der Waals surface area contributed by atoms with Crippen molar-refractivity contribution in [2.24, 2.45) is 0 Å². The molecular weight excluding hydrogens is 383 g/mol. The van der Waals surface area contributed by atoms with Crippen molar-refractivity contribution in [2.75, 3.05) is 11.9 Å². The molecule has 0 aliphatic heterocycles. The third-order valence-corrected chi connectivity index (χ3v) is 4.29. The van der Waals surface area contributed by atoms with Gasteiger partial charge in [-0.25, -0.2) is 13.9 Å². The van der Waals surface area contributed by atoms with Crippen molar-refractivity contribution in [3.63, 3.8) is 0 Å². The van der Waals surface area contributed by atoms with E-state index in [1.165, 1.54) is 22.9 Å². The van der Waals surface area contributed by atoms with Crippen LogP contribution in [0.5, 0.6) is 0 Å². The molecule has 0 radical (unpaired) electrons. The van der Waals surface area contributed by atoms with Crippen LogP contribution >= 0.6 is 11.6 Å². The maximum atomic E-state index is 13.1. The number of carbonyl (C=O) groups excluding carboxylic acids is 1. The van der Waals surface area contributed by atoms with Crippen LogP contribution in [0.25, 0.3) is 11.3 Å². The molecule has 28 heavy (non-hydrogen) atoms. The molecule has 2 aromatic carbocycles. The summed E-state index contributed by atoms with van der Waals surface area (Å²) in [6.07, 6.45) is 0. The lowest BCUT2D eigenvalue weighted by Crippen LogP contribution is -2.34. The minimum atomic E-state index is -0.563. The largest absolute Gasteiger partial charge is 0.336 e. The first-order chi connectivity index (χ1) is 13.4. The van der Waals surface area contributed by atoms with E-state index in [9.17, 15) is 14.0 Å². The SMILES string of the molecule is Cc1ccc(-c2ccc(=O)n(CCNC(=O)Nc3ccc(F)c(Cl)c3)n2)cc1. The molecule has 0 saturated heterocycles. The predicted octanol–water partition coefficient (Wildman–Crippen LogP) is 3.83. The fourth-order valence-corrected chi connectivity index (χ4v) is 2.69. The lowest BCUT2D eigenvalue weighted by Gasteiger charge is -2.10. The zero-order valence-corrected chi connectivity index (χ0v) is 15.8. The minimum Gasteiger partial charge on any atom is -0.336 e. The van der Waals surface area contributed by atoms with Crippen LogP contribution in [-0.2, 0) is 6.54 Å². The number of rotatable bonds is 5. The molecule has 0 unspecified atom stereocenters. The van der Waals surface area contributed by atoms with Gasteiger partial charge in [0.2, 0.25) is 0 Å². The van der Waals surface area contributed by atoms with Crippen LogP contribution in [-0.4, -0.2) is 22.4 Å². The predicted molar refractivity (Wildman–Crippen MR) is 107 cm³/mol. The maximum absolute atomic E-state index is 13.1. The van der Waals surface area contributed by atoms with Crippen molar-refractivity contribution in [2.45, 2.75) is 13.5 Å². The zero-order chi connectivity index (χ0) is 20.1. The Balaban J connectivity index is 1.60. The lowest BCUT2D eigenvalue weighted by molar-refractivity contribution is 0.251. The van der Waals surface area contributed by atoms with Crippen LogP contribution in [0.3, 0.4) is 0 Å². The molecule has 1 aromatic heterocycles. The van der Waals surface area contributed by atoms with Crippen LogP contribution in [0.1, 0.15) is 5.56 Å². The van der Waals surface area contributed by atoms with Crippen molar-refractivity contribution in [1.29, 1.82) is 0 Å². The molecule has 0 atom stereocenters. The summed E-state index contributed by atoms with van der Waals surface area (Å²) >= 11 is 5.68. The van der Waals surface area contributed by atoms with Gasteiger partial charge in [-0.15, -0.1) is 0 Å². The molecule has 0 fully saturated rings. The van der Waals surface area contributed by atoms with Crippen LogP contribution < -0.4 is 16.2 Å². The molecule has 144 valence electrons. The number of aryl methyl sites for hydroxylation is 1. The average molecular weight is 401 g/mol. The Labute approximate surface area is 166 Å². The second kappa shape index (κ2) is 8.67. The van der Waals surface area contributed by atoms with Gasteiger partial charge in [0, 0.05) is 23.9 Å². The van der Waals surface area contributed by atoms with Gasteiger partial charge in [-0.1, -0.05) is 41.4 Å². The fourth-order valence-electron chi connectivity index (χ4n) is 2.51. The van der Waals surface area contributed by atoms with Gasteiger partial charge in [-0.2, -0.15) is 5.10 Å². The van der Waals surface area contributed by atoms with Crippen molar-refractivity contribution in [3.05, 3.63) is 81.4 Å². The second-order valence-electron chi connectivity index (χ2n) is 6.16. The molecule has 1 heterocycles. The van der Waals surface area contributed by atoms with E-state index in [-0.39, 0.29) is 23.7 Å². The summed E-state index contributed by atoms with van der Waals surface area (Å²) in [5, 5.41) is 9.43. The number of anilines is 1. The molecule has 0 spiro atoms. The average Bonchev–Trinajstić information content (AvgIpc) is 2.67. The third-order valence-electron chi connectivity index (χ3n) is 4.00. The molecule has 2 N–H and O–H groups in total. The highest BCUT2D eigenvalue weighted by Crippen LogP contribution is 2.19. The summed E-state index contributed by atoms with van der Waals surface area (Å²) in [6.45, 7) is 2.38. The number of nitrogens with one attached hydrogen (secondary N) is 2. The quantitative estimate of drug-likeness (QED) is 0.683. The number of benzene rings is 2. The van der Waals surface area contributed by atoms with Gasteiger partial charge in [-0.3, -0.25) is 4.79 Å². The second-order valence-corrected chi connectivity index (χ2v) is 6.56. The lowest BCUT2D eigenvalue weighted by atomic mass is 10.1. The first-order valence-electron chi connectivity index (χ1n) is 8.57. The van der Waals surface area contributed by atoms with Crippen LogP contribution in [0.4, 0.5) is 14.9 Å². The van der Waals surface area contributed by atoms with E-state index in [4.69, 9.17) is 11.6 Å². The van der Waals surface area contributed by atoms with Gasteiger partial charge in [0.1, 0.15) is 5.82 Å². The van der Waals surface area contributed by atoms with Gasteiger partial charge in [0.15, 0.2) is 0 Å². The molecule has 3 aromatic rings. The number of hydrogen-bond acceptors (Lipinski definition) is 3. The molecule has 0 aliphatic carbocycles. The number of urea groups is 1. The van der Waals surface area contributed by atoms with E-state index >= 15 is 0 Å². The van der Waals surface area contributed by atoms with Crippen molar-refractivity contribution in [3.8, 4) is 11.3 Å². The standard InChI is InChI=1S/C20H18ClFN4O2/c1-13-2-4-14(5-3-13)18-8-9-19(27)26(25-18)11-10-23-20(28)24-15-6-7-17(22)16(21)12-15/h2-9,12H,10-11H2,1H3,(H2,23,24,28). The van der Waals surface area contributed by atoms with Crippen LogP contribution in [0, 0.1) is 12.7 Å². The summed E-state index contributed by atoms with van der Waals surface area (Å²) < 4.78 is 14.4. The molecular formula is C20H18ClFN4O2. The van der Waals surface area contributed by atoms with E-state index in [0.717, 1.165) is 17.2 Å². The first kappa shape index (κ1) is 19.6. The Morgan fingerprint density at radius 2 is 1.89 bits per heavy atom.